The zero-order valence-electron chi connectivity index (χ0n) is 11.9. The Hall–Kier alpha value is -2.12. The van der Waals surface area contributed by atoms with Crippen LogP contribution in [0.1, 0.15) is 19.4 Å². The maximum Gasteiger partial charge on any atom is 0.573 e. The summed E-state index contributed by atoms with van der Waals surface area (Å²) in [5.74, 6) is -4.66. The summed E-state index contributed by atoms with van der Waals surface area (Å²) in [4.78, 5) is 23.1. The predicted molar refractivity (Wildman–Crippen MR) is 67.6 cm³/mol. The van der Waals surface area contributed by atoms with E-state index in [-0.39, 0.29) is 18.6 Å². The molecule has 8 heteroatoms. The molecule has 0 aliphatic rings. The summed E-state index contributed by atoms with van der Waals surface area (Å²) in [5.41, 5.74) is 0.147. The molecule has 4 nitrogen and oxygen atoms in total. The Labute approximate surface area is 124 Å². The van der Waals surface area contributed by atoms with Gasteiger partial charge in [0.05, 0.1) is 6.61 Å². The van der Waals surface area contributed by atoms with Crippen molar-refractivity contribution >= 4 is 11.8 Å². The molecule has 22 heavy (non-hydrogen) atoms. The van der Waals surface area contributed by atoms with E-state index in [1.807, 2.05) is 0 Å². The molecule has 0 amide bonds. The molecular weight excluding hydrogens is 308 g/mol. The lowest BCUT2D eigenvalue weighted by atomic mass is 9.96. The van der Waals surface area contributed by atoms with E-state index in [0.717, 1.165) is 19.1 Å². The topological polar surface area (TPSA) is 52.6 Å². The number of benzene rings is 1. The van der Waals surface area contributed by atoms with E-state index >= 15 is 0 Å². The first kappa shape index (κ1) is 17.9. The van der Waals surface area contributed by atoms with Crippen molar-refractivity contribution in [2.75, 3.05) is 6.61 Å². The standard InChI is InChI=1S/C14H14F4O4/c1-3-21-13(20)10(8(2)19)6-9-4-5-11(15)12(7-9)22-14(16,17)18/h4-5,7,10H,3,6H2,1-2H3. The van der Waals surface area contributed by atoms with Gasteiger partial charge in [0.15, 0.2) is 11.6 Å². The highest BCUT2D eigenvalue weighted by atomic mass is 19.4. The number of carbonyl (C=O) groups is 2. The Balaban J connectivity index is 2.98. The lowest BCUT2D eigenvalue weighted by molar-refractivity contribution is -0.275. The van der Waals surface area contributed by atoms with Crippen molar-refractivity contribution in [2.24, 2.45) is 5.92 Å². The third-order valence-electron chi connectivity index (χ3n) is 2.72. The number of ether oxygens (including phenoxy) is 2. The summed E-state index contributed by atoms with van der Waals surface area (Å²) in [7, 11) is 0. The molecule has 0 heterocycles. The van der Waals surface area contributed by atoms with Crippen molar-refractivity contribution < 1.29 is 36.6 Å². The van der Waals surface area contributed by atoms with E-state index in [0.29, 0.717) is 0 Å². The molecule has 1 aromatic carbocycles. The van der Waals surface area contributed by atoms with Gasteiger partial charge in [0.1, 0.15) is 11.7 Å². The summed E-state index contributed by atoms with van der Waals surface area (Å²) in [5, 5.41) is 0. The van der Waals surface area contributed by atoms with Crippen molar-refractivity contribution in [3.05, 3.63) is 29.6 Å². The van der Waals surface area contributed by atoms with E-state index in [4.69, 9.17) is 4.74 Å². The van der Waals surface area contributed by atoms with Crippen LogP contribution < -0.4 is 4.74 Å². The molecule has 0 aliphatic heterocycles. The molecule has 1 atom stereocenters. The Kier molecular flexibility index (Phi) is 5.90. The number of alkyl halides is 3. The number of hydrogen-bond donors (Lipinski definition) is 0. The van der Waals surface area contributed by atoms with Crippen LogP contribution in [0.25, 0.3) is 0 Å². The Morgan fingerprint density at radius 3 is 2.41 bits per heavy atom. The number of carbonyl (C=O) groups excluding carboxylic acids is 2. The van der Waals surface area contributed by atoms with Gasteiger partial charge in [-0.05, 0) is 38.0 Å². The number of rotatable bonds is 6. The minimum atomic E-state index is -5.04. The number of ketones is 1. The zero-order valence-corrected chi connectivity index (χ0v) is 11.9. The molecule has 0 aromatic heterocycles. The quantitative estimate of drug-likeness (QED) is 0.459. The van der Waals surface area contributed by atoms with Crippen molar-refractivity contribution in [3.63, 3.8) is 0 Å². The van der Waals surface area contributed by atoms with Crippen molar-refractivity contribution in [2.45, 2.75) is 26.6 Å². The third-order valence-corrected chi connectivity index (χ3v) is 2.72. The average molecular weight is 322 g/mol. The van der Waals surface area contributed by atoms with Crippen molar-refractivity contribution in [1.82, 2.24) is 0 Å². The lowest BCUT2D eigenvalue weighted by Gasteiger charge is -2.14. The van der Waals surface area contributed by atoms with Gasteiger partial charge in [-0.3, -0.25) is 9.59 Å². The fourth-order valence-corrected chi connectivity index (χ4v) is 1.75. The summed E-state index contributed by atoms with van der Waals surface area (Å²) < 4.78 is 58.0. The number of esters is 1. The minimum Gasteiger partial charge on any atom is -0.465 e. The van der Waals surface area contributed by atoms with Gasteiger partial charge < -0.3 is 9.47 Å². The summed E-state index contributed by atoms with van der Waals surface area (Å²) in [6.45, 7) is 2.79. The molecule has 0 bridgehead atoms. The fourth-order valence-electron chi connectivity index (χ4n) is 1.75. The van der Waals surface area contributed by atoms with E-state index in [1.54, 1.807) is 6.92 Å². The van der Waals surface area contributed by atoms with Crippen LogP contribution in [-0.2, 0) is 20.7 Å². The first-order chi connectivity index (χ1) is 10.1. The first-order valence-electron chi connectivity index (χ1n) is 6.35. The molecule has 0 radical (unpaired) electrons. The van der Waals surface area contributed by atoms with Gasteiger partial charge in [-0.25, -0.2) is 4.39 Å². The highest BCUT2D eigenvalue weighted by Gasteiger charge is 2.33. The first-order valence-corrected chi connectivity index (χ1v) is 6.35. The van der Waals surface area contributed by atoms with Crippen LogP contribution in [0, 0.1) is 11.7 Å². The predicted octanol–water partition coefficient (Wildman–Crippen LogP) is 3.04. The molecule has 0 spiro atoms. The molecule has 0 N–H and O–H groups in total. The molecule has 0 saturated carbocycles. The van der Waals surface area contributed by atoms with Gasteiger partial charge in [-0.15, -0.1) is 13.2 Å². The van der Waals surface area contributed by atoms with Gasteiger partial charge in [0, 0.05) is 0 Å². The maximum atomic E-state index is 13.3. The maximum absolute atomic E-state index is 13.3. The normalized spacial score (nSPS) is 12.6. The largest absolute Gasteiger partial charge is 0.573 e. The van der Waals surface area contributed by atoms with Gasteiger partial charge in [0.25, 0.3) is 0 Å². The van der Waals surface area contributed by atoms with Gasteiger partial charge in [0.2, 0.25) is 0 Å². The van der Waals surface area contributed by atoms with Gasteiger partial charge >= 0.3 is 12.3 Å². The van der Waals surface area contributed by atoms with E-state index in [2.05, 4.69) is 4.74 Å². The van der Waals surface area contributed by atoms with Crippen LogP contribution in [-0.4, -0.2) is 24.7 Å². The van der Waals surface area contributed by atoms with E-state index < -0.39 is 35.6 Å². The fraction of sp³-hybridized carbons (Fsp3) is 0.429. The summed E-state index contributed by atoms with van der Waals surface area (Å²) in [6, 6.07) is 2.75. The van der Waals surface area contributed by atoms with Gasteiger partial charge in [-0.2, -0.15) is 0 Å². The van der Waals surface area contributed by atoms with Crippen molar-refractivity contribution in [1.29, 1.82) is 0 Å². The molecule has 0 saturated heterocycles. The van der Waals surface area contributed by atoms with E-state index in [9.17, 15) is 27.2 Å². The van der Waals surface area contributed by atoms with Crippen LogP contribution in [0.5, 0.6) is 5.75 Å². The van der Waals surface area contributed by atoms with Gasteiger partial charge in [-0.1, -0.05) is 6.07 Å². The number of halogens is 4. The number of hydrogen-bond acceptors (Lipinski definition) is 4. The second kappa shape index (κ2) is 7.24. The van der Waals surface area contributed by atoms with E-state index in [1.165, 1.54) is 6.07 Å². The molecule has 0 fully saturated rings. The smallest absolute Gasteiger partial charge is 0.465 e. The van der Waals surface area contributed by atoms with Crippen LogP contribution in [0.15, 0.2) is 18.2 Å². The Morgan fingerprint density at radius 1 is 1.27 bits per heavy atom. The summed E-state index contributed by atoms with van der Waals surface area (Å²) in [6.07, 6.45) is -5.25. The lowest BCUT2D eigenvalue weighted by Crippen LogP contribution is -2.26. The Bertz CT molecular complexity index is 554. The minimum absolute atomic E-state index is 0.0640. The van der Waals surface area contributed by atoms with Crippen LogP contribution in [0.4, 0.5) is 17.6 Å². The van der Waals surface area contributed by atoms with Crippen LogP contribution in [0.3, 0.4) is 0 Å². The molecule has 1 rings (SSSR count). The van der Waals surface area contributed by atoms with Crippen LogP contribution in [0.2, 0.25) is 0 Å². The molecule has 0 aliphatic carbocycles. The second-order valence-electron chi connectivity index (χ2n) is 4.43. The SMILES string of the molecule is CCOC(=O)C(Cc1ccc(F)c(OC(F)(F)F)c1)C(C)=O. The molecular formula is C14H14F4O4. The highest BCUT2D eigenvalue weighted by Crippen LogP contribution is 2.27. The molecule has 1 aromatic rings. The average Bonchev–Trinajstić information content (AvgIpc) is 2.37. The highest BCUT2D eigenvalue weighted by molar-refractivity contribution is 5.98. The zero-order chi connectivity index (χ0) is 16.9. The number of Topliss-reactive ketones (excluding diaryl/α,β-unsaturated/α-hetero) is 1. The molecule has 1 unspecified atom stereocenters. The van der Waals surface area contributed by atoms with Crippen molar-refractivity contribution in [3.8, 4) is 5.75 Å². The molecule has 122 valence electrons. The third kappa shape index (κ3) is 5.34. The summed E-state index contributed by atoms with van der Waals surface area (Å²) >= 11 is 0. The van der Waals surface area contributed by atoms with Crippen LogP contribution >= 0.6 is 0 Å². The second-order valence-corrected chi connectivity index (χ2v) is 4.43. The Morgan fingerprint density at radius 2 is 1.91 bits per heavy atom. The monoisotopic (exact) mass is 322 g/mol.